The van der Waals surface area contributed by atoms with Crippen molar-refractivity contribution >= 4 is 67.1 Å². The number of carbonyl (C=O) groups excluding carboxylic acids is 4. The number of unbranched alkanes of at least 4 members (excludes halogenated alkanes) is 1. The number of quaternary nitrogens is 1. The first-order valence-corrected chi connectivity index (χ1v) is 20.1. The third kappa shape index (κ3) is 9.70. The van der Waals surface area contributed by atoms with Gasteiger partial charge in [0.15, 0.2) is 0 Å². The summed E-state index contributed by atoms with van der Waals surface area (Å²) in [4.78, 5) is 65.6. The fourth-order valence-electron chi connectivity index (χ4n) is 7.43. The molecule has 0 bridgehead atoms. The van der Waals surface area contributed by atoms with E-state index in [0.717, 1.165) is 16.9 Å². The van der Waals surface area contributed by atoms with E-state index in [1.807, 2.05) is 41.3 Å². The lowest BCUT2D eigenvalue weighted by molar-refractivity contribution is -0.822. The summed E-state index contributed by atoms with van der Waals surface area (Å²) in [5.41, 5.74) is 9.40. The summed E-state index contributed by atoms with van der Waals surface area (Å²) in [5.74, 6) is -0.605. The van der Waals surface area contributed by atoms with E-state index in [1.165, 1.54) is 0 Å². The Morgan fingerprint density at radius 3 is 2.33 bits per heavy atom. The van der Waals surface area contributed by atoms with Crippen molar-refractivity contribution in [2.75, 3.05) is 56.0 Å². The van der Waals surface area contributed by atoms with Gasteiger partial charge in [0.1, 0.15) is 17.8 Å². The van der Waals surface area contributed by atoms with Crippen molar-refractivity contribution in [3.8, 4) is 5.75 Å². The minimum absolute atomic E-state index is 0.0208. The number of nitrogens with one attached hydrogen (secondary N) is 4. The molecule has 16 heteroatoms. The van der Waals surface area contributed by atoms with E-state index >= 15 is 0 Å². The van der Waals surface area contributed by atoms with Gasteiger partial charge in [0.2, 0.25) is 11.8 Å². The third-order valence-corrected chi connectivity index (χ3v) is 11.7. The highest BCUT2D eigenvalue weighted by atomic mass is 79.9. The number of hydrogen-bond acceptors (Lipinski definition) is 8. The molecule has 1 aromatic heterocycles. The van der Waals surface area contributed by atoms with Gasteiger partial charge < -0.3 is 36.2 Å². The molecule has 2 aromatic carbocycles. The Bertz CT molecular complexity index is 1780. The smallest absolute Gasteiger partial charge is 0.415 e. The quantitative estimate of drug-likeness (QED) is 0.151. The molecule has 0 radical (unpaired) electrons. The van der Waals surface area contributed by atoms with Crippen molar-refractivity contribution in [3.63, 3.8) is 0 Å². The van der Waals surface area contributed by atoms with Crippen LogP contribution < -0.4 is 31.5 Å². The fraction of sp³-hybridized carbons (Fsp3) is 0.447. The van der Waals surface area contributed by atoms with Crippen molar-refractivity contribution in [1.29, 1.82) is 0 Å². The number of phenolic OH excluding ortho intramolecular Hbond substituents is 1. The summed E-state index contributed by atoms with van der Waals surface area (Å²) in [6.45, 7) is 4.26. The Morgan fingerprint density at radius 1 is 0.963 bits per heavy atom. The number of anilines is 2. The summed E-state index contributed by atoms with van der Waals surface area (Å²) in [7, 11) is 0. The molecule has 2 atom stereocenters. The van der Waals surface area contributed by atoms with Crippen LogP contribution in [0, 0.1) is 0 Å². The molecule has 54 heavy (non-hydrogen) atoms. The van der Waals surface area contributed by atoms with Gasteiger partial charge in [0.05, 0.1) is 22.0 Å². The second-order valence-electron chi connectivity index (χ2n) is 14.1. The first-order chi connectivity index (χ1) is 26.1. The zero-order valence-electron chi connectivity index (χ0n) is 30.1. The number of benzene rings is 2. The number of likely N-dealkylation sites (tertiary alicyclic amines) is 1. The molecule has 6 amide bonds. The molecule has 2 saturated heterocycles. The summed E-state index contributed by atoms with van der Waals surface area (Å²) >= 11 is 6.75. The summed E-state index contributed by atoms with van der Waals surface area (Å²) in [6.07, 6.45) is 6.63. The Labute approximate surface area is 332 Å². The van der Waals surface area contributed by atoms with Gasteiger partial charge in [-0.05, 0) is 99.1 Å². The topological polar surface area (TPSA) is 178 Å². The molecule has 2 fully saturated rings. The normalized spacial score (nSPS) is 19.7. The van der Waals surface area contributed by atoms with Crippen molar-refractivity contribution < 1.29 is 29.2 Å². The van der Waals surface area contributed by atoms with Crippen LogP contribution in [0.3, 0.4) is 0 Å². The van der Waals surface area contributed by atoms with Crippen LogP contribution in [0.5, 0.6) is 5.75 Å². The Morgan fingerprint density at radius 2 is 1.65 bits per heavy atom. The molecule has 288 valence electrons. The molecule has 6 rings (SSSR count). The molecule has 7 N–H and O–H groups in total. The number of rotatable bonds is 12. The van der Waals surface area contributed by atoms with Gasteiger partial charge in [0, 0.05) is 81.8 Å². The number of nitrogens with two attached hydrogens (primary N) is 1. The Balaban J connectivity index is 1.13. The number of para-hydroxylation sites is 1. The minimum atomic E-state index is -1.01. The van der Waals surface area contributed by atoms with E-state index in [-0.39, 0.29) is 36.2 Å². The molecule has 14 nitrogen and oxygen atoms in total. The molecule has 0 unspecified atom stereocenters. The van der Waals surface area contributed by atoms with Crippen LogP contribution in [0.25, 0.3) is 0 Å². The van der Waals surface area contributed by atoms with Gasteiger partial charge in [-0.3, -0.25) is 24.8 Å². The van der Waals surface area contributed by atoms with Gasteiger partial charge in [-0.15, -0.1) is 0 Å². The van der Waals surface area contributed by atoms with Crippen LogP contribution in [0.15, 0.2) is 69.9 Å². The lowest BCUT2D eigenvalue weighted by atomic mass is 10.0. The van der Waals surface area contributed by atoms with Crippen molar-refractivity contribution in [3.05, 3.63) is 81.0 Å². The van der Waals surface area contributed by atoms with Crippen LogP contribution in [0.1, 0.15) is 43.2 Å². The molecular weight excluding hydrogens is 822 g/mol. The monoisotopic (exact) mass is 868 g/mol. The lowest BCUT2D eigenvalue weighted by Gasteiger charge is -2.38. The number of amides is 6. The van der Waals surface area contributed by atoms with E-state index in [2.05, 4.69) is 57.7 Å². The SMILES string of the molecule is NCCCC[C@H](NC(=O)[C@@H](Cc1cc(Br)c(O)c(Br)c1)NC(=O)[NH+]1CCC(N2Cc3ccccc3NC2=O)CC1)C(=O)N1CCN(c2ccncc2)CC1. The van der Waals surface area contributed by atoms with Gasteiger partial charge >= 0.3 is 12.1 Å². The molecule has 3 aliphatic heterocycles. The van der Waals surface area contributed by atoms with Gasteiger partial charge in [-0.1, -0.05) is 18.2 Å². The van der Waals surface area contributed by atoms with Crippen LogP contribution in [0.4, 0.5) is 21.0 Å². The van der Waals surface area contributed by atoms with Crippen LogP contribution in [0.2, 0.25) is 0 Å². The largest absolute Gasteiger partial charge is 0.506 e. The number of hydrogen-bond donors (Lipinski definition) is 6. The number of aromatic nitrogens is 1. The maximum atomic E-state index is 14.2. The number of halogens is 2. The molecule has 4 heterocycles. The third-order valence-electron chi connectivity index (χ3n) is 10.5. The average Bonchev–Trinajstić information content (AvgIpc) is 3.19. The predicted octanol–water partition coefficient (Wildman–Crippen LogP) is 2.99. The summed E-state index contributed by atoms with van der Waals surface area (Å²) in [5, 5.41) is 19.3. The molecule has 0 aliphatic carbocycles. The minimum Gasteiger partial charge on any atom is -0.506 e. The van der Waals surface area contributed by atoms with E-state index < -0.39 is 18.0 Å². The Kier molecular flexibility index (Phi) is 13.4. The molecule has 0 saturated carbocycles. The summed E-state index contributed by atoms with van der Waals surface area (Å²) < 4.78 is 0.880. The van der Waals surface area contributed by atoms with Crippen molar-refractivity contribution in [1.82, 2.24) is 25.4 Å². The lowest BCUT2D eigenvalue weighted by Crippen LogP contribution is -3.17. The van der Waals surface area contributed by atoms with Gasteiger partial charge in [-0.25, -0.2) is 9.59 Å². The van der Waals surface area contributed by atoms with Crippen molar-refractivity contribution in [2.24, 2.45) is 5.73 Å². The number of pyridine rings is 1. The molecule has 0 spiro atoms. The number of urea groups is 2. The highest BCUT2D eigenvalue weighted by Gasteiger charge is 2.37. The number of phenols is 1. The first kappa shape index (κ1) is 39.4. The number of fused-ring (bicyclic) bond motifs is 1. The molecule has 3 aliphatic rings. The number of piperidine rings is 1. The predicted molar refractivity (Wildman–Crippen MR) is 212 cm³/mol. The maximum absolute atomic E-state index is 14.2. The van der Waals surface area contributed by atoms with Gasteiger partial charge in [0.25, 0.3) is 0 Å². The zero-order chi connectivity index (χ0) is 38.2. The zero-order valence-corrected chi connectivity index (χ0v) is 33.3. The van der Waals surface area contributed by atoms with E-state index in [0.29, 0.717) is 104 Å². The highest BCUT2D eigenvalue weighted by Crippen LogP contribution is 2.34. The Hall–Kier alpha value is -4.25. The first-order valence-electron chi connectivity index (χ1n) is 18.5. The highest BCUT2D eigenvalue weighted by molar-refractivity contribution is 9.11. The standard InChI is InChI=1S/C38H47Br2N9O5/c39-29-21-25(22-30(40)34(29)50)23-33(45-37(53)48-15-10-28(11-16-48)49-24-26-5-1-2-6-31(26)44-38(49)54)35(51)43-32(7-3-4-12-41)36(52)47-19-17-46(18-20-47)27-8-13-42-14-9-27/h1-2,5-6,8-9,13-14,21-22,28,32-33,50H,3-4,7,10-12,15-20,23-24,41H2,(H,43,51)(H,44,54)(H,45,53)/p+1/t32-,33+/m0/s1. The number of piperazine rings is 1. The van der Waals surface area contributed by atoms with Crippen molar-refractivity contribution in [2.45, 2.75) is 63.2 Å². The fourth-order valence-corrected chi connectivity index (χ4v) is 8.71. The second kappa shape index (κ2) is 18.4. The number of carbonyl (C=O) groups is 4. The second-order valence-corrected chi connectivity index (χ2v) is 15.8. The van der Waals surface area contributed by atoms with Gasteiger partial charge in [-0.2, -0.15) is 0 Å². The number of nitrogens with zero attached hydrogens (tertiary/aromatic N) is 4. The average molecular weight is 871 g/mol. The molecular formula is C38H48Br2N9O5+. The van der Waals surface area contributed by atoms with E-state index in [9.17, 15) is 24.3 Å². The van der Waals surface area contributed by atoms with E-state index in [1.54, 1.807) is 29.4 Å². The number of aromatic hydroxyl groups is 1. The van der Waals surface area contributed by atoms with E-state index in [4.69, 9.17) is 5.73 Å². The van der Waals surface area contributed by atoms with Crippen LogP contribution in [-0.4, -0.2) is 108 Å². The van der Waals surface area contributed by atoms with Crippen LogP contribution in [-0.2, 0) is 22.6 Å². The van der Waals surface area contributed by atoms with Crippen LogP contribution >= 0.6 is 31.9 Å². The molecule has 3 aromatic rings. The maximum Gasteiger partial charge on any atom is 0.415 e. The summed E-state index contributed by atoms with van der Waals surface area (Å²) in [6, 6.07) is 12.8.